The number of carbonyl (C=O) groups excluding carboxylic acids is 1. The summed E-state index contributed by atoms with van der Waals surface area (Å²) >= 11 is 0. The number of nitrogens with zero attached hydrogens (tertiary/aromatic N) is 1. The molecule has 4 nitrogen and oxygen atoms in total. The summed E-state index contributed by atoms with van der Waals surface area (Å²) in [6, 6.07) is 7.75. The number of carbonyl (C=O) groups is 1. The number of benzene rings is 1. The number of hydrogen-bond acceptors (Lipinski definition) is 3. The molecule has 1 heterocycles. The molecule has 1 amide bonds. The van der Waals surface area contributed by atoms with Crippen LogP contribution in [0.1, 0.15) is 26.3 Å². The van der Waals surface area contributed by atoms with Crippen molar-refractivity contribution in [2.75, 3.05) is 18.4 Å². The van der Waals surface area contributed by atoms with E-state index in [-0.39, 0.29) is 11.3 Å². The topological polar surface area (TPSA) is 53.5 Å². The highest BCUT2D eigenvalue weighted by atomic mass is 16.2. The zero-order valence-corrected chi connectivity index (χ0v) is 11.1. The molecule has 0 unspecified atom stereocenters. The number of nitrogens with one attached hydrogen (secondary N) is 2. The number of rotatable bonds is 2. The number of amidine groups is 1. The summed E-state index contributed by atoms with van der Waals surface area (Å²) in [6.45, 7) is 7.39. The van der Waals surface area contributed by atoms with Crippen LogP contribution < -0.4 is 10.6 Å². The fourth-order valence-corrected chi connectivity index (χ4v) is 1.65. The summed E-state index contributed by atoms with van der Waals surface area (Å²) in [6.07, 6.45) is 0. The maximum Gasteiger partial charge on any atom is 0.229 e. The Balaban J connectivity index is 2.15. The van der Waals surface area contributed by atoms with Crippen LogP contribution >= 0.6 is 0 Å². The fourth-order valence-electron chi connectivity index (χ4n) is 1.65. The van der Waals surface area contributed by atoms with Crippen molar-refractivity contribution >= 4 is 17.4 Å². The molecule has 1 aromatic carbocycles. The summed E-state index contributed by atoms with van der Waals surface area (Å²) in [5.74, 6) is 0.919. The second kappa shape index (κ2) is 4.80. The van der Waals surface area contributed by atoms with Gasteiger partial charge >= 0.3 is 0 Å². The SMILES string of the molecule is CC(C)(C)C(=O)Nc1cccc(C2=NCCN2)c1. The number of anilines is 1. The highest BCUT2D eigenvalue weighted by Crippen LogP contribution is 2.18. The van der Waals surface area contributed by atoms with Crippen LogP contribution in [-0.4, -0.2) is 24.8 Å². The Morgan fingerprint density at radius 2 is 2.17 bits per heavy atom. The van der Waals surface area contributed by atoms with Crippen molar-refractivity contribution in [3.63, 3.8) is 0 Å². The van der Waals surface area contributed by atoms with Gasteiger partial charge in [0.05, 0.1) is 6.54 Å². The van der Waals surface area contributed by atoms with Crippen LogP contribution in [0.3, 0.4) is 0 Å². The van der Waals surface area contributed by atoms with Gasteiger partial charge in [-0.05, 0) is 12.1 Å². The molecule has 1 aliphatic heterocycles. The molecule has 0 radical (unpaired) electrons. The summed E-state index contributed by atoms with van der Waals surface area (Å²) in [7, 11) is 0. The lowest BCUT2D eigenvalue weighted by molar-refractivity contribution is -0.123. The molecule has 0 aliphatic carbocycles. The third-order valence-corrected chi connectivity index (χ3v) is 2.75. The normalized spacial score (nSPS) is 14.9. The van der Waals surface area contributed by atoms with Crippen molar-refractivity contribution in [1.82, 2.24) is 5.32 Å². The van der Waals surface area contributed by atoms with E-state index >= 15 is 0 Å². The van der Waals surface area contributed by atoms with Gasteiger partial charge in [-0.25, -0.2) is 0 Å². The van der Waals surface area contributed by atoms with E-state index in [1.54, 1.807) is 0 Å². The van der Waals surface area contributed by atoms with Crippen LogP contribution in [0.4, 0.5) is 5.69 Å². The van der Waals surface area contributed by atoms with Crippen LogP contribution in [-0.2, 0) is 4.79 Å². The minimum absolute atomic E-state index is 0.0148. The summed E-state index contributed by atoms with van der Waals surface area (Å²) < 4.78 is 0. The lowest BCUT2D eigenvalue weighted by Crippen LogP contribution is -2.27. The van der Waals surface area contributed by atoms with Crippen molar-refractivity contribution in [3.8, 4) is 0 Å². The van der Waals surface area contributed by atoms with Crippen LogP contribution in [0.15, 0.2) is 29.3 Å². The van der Waals surface area contributed by atoms with Crippen LogP contribution in [0.25, 0.3) is 0 Å². The first-order valence-corrected chi connectivity index (χ1v) is 6.17. The molecule has 1 aromatic rings. The van der Waals surface area contributed by atoms with E-state index in [0.29, 0.717) is 0 Å². The van der Waals surface area contributed by atoms with E-state index in [1.807, 2.05) is 45.0 Å². The Kier molecular flexibility index (Phi) is 3.36. The van der Waals surface area contributed by atoms with Crippen LogP contribution in [0.5, 0.6) is 0 Å². The number of hydrogen-bond donors (Lipinski definition) is 2. The molecule has 0 saturated carbocycles. The first-order chi connectivity index (χ1) is 8.47. The quantitative estimate of drug-likeness (QED) is 0.837. The molecule has 18 heavy (non-hydrogen) atoms. The minimum Gasteiger partial charge on any atom is -0.368 e. The van der Waals surface area contributed by atoms with Gasteiger partial charge in [0.1, 0.15) is 5.84 Å². The summed E-state index contributed by atoms with van der Waals surface area (Å²) in [4.78, 5) is 16.3. The Morgan fingerprint density at radius 1 is 1.39 bits per heavy atom. The summed E-state index contributed by atoms with van der Waals surface area (Å²) in [5.41, 5.74) is 1.43. The van der Waals surface area contributed by atoms with E-state index in [1.165, 1.54) is 0 Å². The zero-order chi connectivity index (χ0) is 13.2. The minimum atomic E-state index is -0.390. The molecule has 0 atom stereocenters. The van der Waals surface area contributed by atoms with Crippen molar-refractivity contribution < 1.29 is 4.79 Å². The molecule has 0 saturated heterocycles. The lowest BCUT2D eigenvalue weighted by atomic mass is 9.95. The highest BCUT2D eigenvalue weighted by Gasteiger charge is 2.21. The number of aliphatic imine (C=N–C) groups is 1. The maximum absolute atomic E-state index is 11.9. The van der Waals surface area contributed by atoms with Gasteiger partial charge in [0.2, 0.25) is 5.91 Å². The van der Waals surface area contributed by atoms with E-state index < -0.39 is 0 Å². The summed E-state index contributed by atoms with van der Waals surface area (Å²) in [5, 5.41) is 6.14. The van der Waals surface area contributed by atoms with Crippen molar-refractivity contribution in [3.05, 3.63) is 29.8 Å². The fraction of sp³-hybridized carbons (Fsp3) is 0.429. The Morgan fingerprint density at radius 3 is 2.78 bits per heavy atom. The van der Waals surface area contributed by atoms with Crippen molar-refractivity contribution in [2.24, 2.45) is 10.4 Å². The number of amides is 1. The van der Waals surface area contributed by atoms with Gasteiger partial charge in [-0.15, -0.1) is 0 Å². The molecule has 1 aliphatic rings. The molecule has 96 valence electrons. The second-order valence-electron chi connectivity index (χ2n) is 5.44. The molecule has 0 fully saturated rings. The Bertz CT molecular complexity index is 486. The predicted molar refractivity (Wildman–Crippen MR) is 73.9 cm³/mol. The molecule has 2 N–H and O–H groups in total. The molecule has 0 aromatic heterocycles. The first-order valence-electron chi connectivity index (χ1n) is 6.17. The second-order valence-corrected chi connectivity index (χ2v) is 5.44. The van der Waals surface area contributed by atoms with Gasteiger partial charge < -0.3 is 10.6 Å². The van der Waals surface area contributed by atoms with E-state index in [4.69, 9.17) is 0 Å². The van der Waals surface area contributed by atoms with Gasteiger partial charge in [-0.1, -0.05) is 32.9 Å². The lowest BCUT2D eigenvalue weighted by Gasteiger charge is -2.18. The first kappa shape index (κ1) is 12.6. The molecule has 0 spiro atoms. The molecule has 2 rings (SSSR count). The Hall–Kier alpha value is -1.84. The van der Waals surface area contributed by atoms with Crippen LogP contribution in [0, 0.1) is 5.41 Å². The monoisotopic (exact) mass is 245 g/mol. The highest BCUT2D eigenvalue weighted by molar-refractivity contribution is 6.01. The largest absolute Gasteiger partial charge is 0.368 e. The molecular formula is C14H19N3O. The van der Waals surface area contributed by atoms with Gasteiger partial charge in [-0.2, -0.15) is 0 Å². The zero-order valence-electron chi connectivity index (χ0n) is 11.1. The third kappa shape index (κ3) is 2.88. The molecule has 0 bridgehead atoms. The van der Waals surface area contributed by atoms with Gasteiger partial charge in [0, 0.05) is 23.2 Å². The Labute approximate surface area is 108 Å². The average Bonchev–Trinajstić information content (AvgIpc) is 2.81. The average molecular weight is 245 g/mol. The van der Waals surface area contributed by atoms with E-state index in [2.05, 4.69) is 15.6 Å². The molecular weight excluding hydrogens is 226 g/mol. The molecule has 4 heteroatoms. The predicted octanol–water partition coefficient (Wildman–Crippen LogP) is 2.02. The van der Waals surface area contributed by atoms with E-state index in [0.717, 1.165) is 30.2 Å². The van der Waals surface area contributed by atoms with Gasteiger partial charge in [-0.3, -0.25) is 9.79 Å². The van der Waals surface area contributed by atoms with E-state index in [9.17, 15) is 4.79 Å². The standard InChI is InChI=1S/C14H19N3O/c1-14(2,3)13(18)17-11-6-4-5-10(9-11)12-15-7-8-16-12/h4-6,9H,7-8H2,1-3H3,(H,15,16)(H,17,18). The van der Waals surface area contributed by atoms with Gasteiger partial charge in [0.25, 0.3) is 0 Å². The van der Waals surface area contributed by atoms with Crippen molar-refractivity contribution in [2.45, 2.75) is 20.8 Å². The smallest absolute Gasteiger partial charge is 0.229 e. The van der Waals surface area contributed by atoms with Gasteiger partial charge in [0.15, 0.2) is 0 Å². The van der Waals surface area contributed by atoms with Crippen molar-refractivity contribution in [1.29, 1.82) is 0 Å². The maximum atomic E-state index is 11.9. The third-order valence-electron chi connectivity index (χ3n) is 2.75. The van der Waals surface area contributed by atoms with Crippen LogP contribution in [0.2, 0.25) is 0 Å².